The van der Waals surface area contributed by atoms with E-state index in [2.05, 4.69) is 11.7 Å². The van der Waals surface area contributed by atoms with E-state index in [-0.39, 0.29) is 0 Å². The summed E-state index contributed by atoms with van der Waals surface area (Å²) >= 11 is 3.60. The van der Waals surface area contributed by atoms with E-state index in [1.54, 1.807) is 0 Å². The van der Waals surface area contributed by atoms with E-state index < -0.39 is 0 Å². The molecule has 0 aromatic rings. The standard InChI is InChI=1S/CHBOS2/c3-1-2-5-4/h4H. The Kier molecular flexibility index (Phi) is 4.64. The van der Waals surface area contributed by atoms with Gasteiger partial charge in [-0.05, 0) is 0 Å². The Morgan fingerprint density at radius 1 is 2.00 bits per heavy atom. The van der Waals surface area contributed by atoms with Crippen LogP contribution in [0.2, 0.25) is 0 Å². The number of thiol groups is 1. The van der Waals surface area contributed by atoms with E-state index in [1.165, 1.54) is 12.0 Å². The van der Waals surface area contributed by atoms with Crippen molar-refractivity contribution >= 4 is 34.3 Å². The van der Waals surface area contributed by atoms with Crippen molar-refractivity contribution in [2.45, 2.75) is 0 Å². The fourth-order valence-electron chi connectivity index (χ4n) is 0.0215. The summed E-state index contributed by atoms with van der Waals surface area (Å²) in [7, 11) is 1.05. The van der Waals surface area contributed by atoms with Crippen LogP contribution in [0.4, 0.5) is 0 Å². The van der Waals surface area contributed by atoms with E-state index in [0.717, 1.165) is 10.6 Å². The van der Waals surface area contributed by atoms with Gasteiger partial charge in [-0.25, -0.2) is 0 Å². The van der Waals surface area contributed by atoms with Crippen molar-refractivity contribution in [1.82, 2.24) is 0 Å². The number of rotatable bonds is 1. The molecule has 0 atom stereocenters. The Labute approximate surface area is 39.8 Å². The van der Waals surface area contributed by atoms with Crippen molar-refractivity contribution in [3.05, 3.63) is 0 Å². The monoisotopic (exact) mass is 104 g/mol. The zero-order valence-electron chi connectivity index (χ0n) is 2.34. The van der Waals surface area contributed by atoms with Crippen LogP contribution in [0.25, 0.3) is 0 Å². The molecule has 4 heteroatoms. The van der Waals surface area contributed by atoms with Gasteiger partial charge in [-0.2, -0.15) is 0 Å². The molecule has 0 saturated heterocycles. The normalized spacial score (nSPS) is 5.00. The summed E-state index contributed by atoms with van der Waals surface area (Å²) in [5.41, 5.74) is 0. The number of hydrogen-bond acceptors (Lipinski definition) is 3. The van der Waals surface area contributed by atoms with Crippen LogP contribution >= 0.6 is 22.3 Å². The summed E-state index contributed by atoms with van der Waals surface area (Å²) < 4.78 is 0. The Morgan fingerprint density at radius 3 is 2.60 bits per heavy atom. The van der Waals surface area contributed by atoms with Crippen LogP contribution in [0.3, 0.4) is 0 Å². The van der Waals surface area contributed by atoms with Gasteiger partial charge in [-0.15, -0.1) is 0 Å². The molecular weight excluding hydrogens is 103 g/mol. The Balaban J connectivity index is 2.93. The molecule has 0 rings (SSSR count). The van der Waals surface area contributed by atoms with Crippen molar-refractivity contribution in [2.24, 2.45) is 0 Å². The maximum atomic E-state index is 9.15. The molecule has 0 radical (unpaired) electrons. The van der Waals surface area contributed by atoms with Crippen molar-refractivity contribution in [3.8, 4) is 0 Å². The van der Waals surface area contributed by atoms with Crippen LogP contribution < -0.4 is 0 Å². The first-order chi connectivity index (χ1) is 2.41. The molecular formula is CHBOS2. The molecule has 1 nitrogen and oxygen atoms in total. The average molecular weight is 104 g/mol. The molecule has 0 heterocycles. The summed E-state index contributed by atoms with van der Waals surface area (Å²) in [4.78, 5) is 9.15. The van der Waals surface area contributed by atoms with Gasteiger partial charge in [0.2, 0.25) is 0 Å². The Morgan fingerprint density at radius 2 is 2.60 bits per heavy atom. The second-order valence-corrected chi connectivity index (χ2v) is 1.42. The van der Waals surface area contributed by atoms with Crippen molar-refractivity contribution in [3.63, 3.8) is 0 Å². The first-order valence-corrected chi connectivity index (χ1v) is 2.84. The Hall–Kier alpha value is 0.345. The van der Waals surface area contributed by atoms with Crippen LogP contribution in [0.5, 0.6) is 0 Å². The predicted molar refractivity (Wildman–Crippen MR) is 28.0 cm³/mol. The second kappa shape index (κ2) is 4.34. The van der Waals surface area contributed by atoms with Crippen LogP contribution in [0, 0.1) is 0 Å². The molecule has 0 aliphatic carbocycles. The quantitative estimate of drug-likeness (QED) is 0.291. The zero-order chi connectivity index (χ0) is 4.12. The fourth-order valence-corrected chi connectivity index (χ4v) is 0.194. The third-order valence-electron chi connectivity index (χ3n) is 0.101. The number of hydrogen-bond donors (Lipinski definition) is 1. The van der Waals surface area contributed by atoms with Crippen molar-refractivity contribution < 1.29 is 4.79 Å². The molecule has 0 bridgehead atoms. The summed E-state index contributed by atoms with van der Waals surface area (Å²) in [5.74, 6) is 1.53. The van der Waals surface area contributed by atoms with Crippen LogP contribution in [-0.4, -0.2) is 12.0 Å². The van der Waals surface area contributed by atoms with Gasteiger partial charge in [-0.3, -0.25) is 0 Å². The molecule has 26 valence electrons. The van der Waals surface area contributed by atoms with Crippen LogP contribution in [-0.2, 0) is 4.79 Å². The minimum atomic E-state index is 1.05. The van der Waals surface area contributed by atoms with Gasteiger partial charge in [0, 0.05) is 0 Å². The summed E-state index contributed by atoms with van der Waals surface area (Å²) in [5, 5.41) is 0. The molecule has 0 aromatic heterocycles. The average Bonchev–Trinajstić information content (AvgIpc) is 1.41. The van der Waals surface area contributed by atoms with Gasteiger partial charge < -0.3 is 0 Å². The molecule has 0 spiro atoms. The molecule has 0 aliphatic rings. The fraction of sp³-hybridized carbons (Fsp3) is 0. The maximum absolute atomic E-state index is 9.15. The van der Waals surface area contributed by atoms with Gasteiger partial charge in [0.15, 0.2) is 0 Å². The van der Waals surface area contributed by atoms with Crippen LogP contribution in [0.1, 0.15) is 0 Å². The SMILES string of the molecule is O=C=BSS. The van der Waals surface area contributed by atoms with Gasteiger partial charge >= 0.3 is 39.1 Å². The van der Waals surface area contributed by atoms with E-state index >= 15 is 0 Å². The molecule has 0 fully saturated rings. The van der Waals surface area contributed by atoms with Gasteiger partial charge in [-0.1, -0.05) is 0 Å². The third-order valence-corrected chi connectivity index (χ3v) is 0.619. The minimum absolute atomic E-state index is 1.05. The Bertz CT molecular complexity index is 56.7. The molecule has 0 aliphatic heterocycles. The first-order valence-electron chi connectivity index (χ1n) is 0.911. The molecule has 0 saturated carbocycles. The summed E-state index contributed by atoms with van der Waals surface area (Å²) in [6.07, 6.45) is 1.23. The molecule has 0 amide bonds. The van der Waals surface area contributed by atoms with E-state index in [9.17, 15) is 0 Å². The number of carbonyl (C=O) groups excluding carboxylic acids is 1. The molecule has 0 unspecified atom stereocenters. The van der Waals surface area contributed by atoms with E-state index in [1.807, 2.05) is 0 Å². The van der Waals surface area contributed by atoms with E-state index in [4.69, 9.17) is 4.79 Å². The van der Waals surface area contributed by atoms with Crippen molar-refractivity contribution in [2.75, 3.05) is 0 Å². The van der Waals surface area contributed by atoms with Crippen LogP contribution in [0.15, 0.2) is 0 Å². The molecule has 0 aromatic carbocycles. The van der Waals surface area contributed by atoms with Gasteiger partial charge in [0.1, 0.15) is 0 Å². The first kappa shape index (κ1) is 5.34. The molecule has 5 heavy (non-hydrogen) atoms. The molecule has 0 N–H and O–H groups in total. The zero-order valence-corrected chi connectivity index (χ0v) is 4.05. The van der Waals surface area contributed by atoms with Gasteiger partial charge in [0.25, 0.3) is 0 Å². The topological polar surface area (TPSA) is 17.1 Å². The second-order valence-electron chi connectivity index (χ2n) is 0.341. The third kappa shape index (κ3) is 4.34. The van der Waals surface area contributed by atoms with Gasteiger partial charge in [0.05, 0.1) is 0 Å². The summed E-state index contributed by atoms with van der Waals surface area (Å²) in [6, 6.07) is 0. The predicted octanol–water partition coefficient (Wildman–Crippen LogP) is 0.251. The van der Waals surface area contributed by atoms with E-state index in [0.29, 0.717) is 0 Å². The van der Waals surface area contributed by atoms with Crippen molar-refractivity contribution in [1.29, 1.82) is 0 Å². The summed E-state index contributed by atoms with van der Waals surface area (Å²) in [6.45, 7) is 0.